The van der Waals surface area contributed by atoms with Gasteiger partial charge in [-0.15, -0.1) is 0 Å². The molecule has 1 aliphatic rings. The highest BCUT2D eigenvalue weighted by Gasteiger charge is 2.58. The molecule has 0 spiro atoms. The highest BCUT2D eigenvalue weighted by Crippen LogP contribution is 2.36. The molecule has 0 saturated carbocycles. The number of aromatic amines is 1. The predicted octanol–water partition coefficient (Wildman–Crippen LogP) is 4.91. The van der Waals surface area contributed by atoms with Crippen LogP contribution in [0.15, 0.2) is 55.1 Å². The average molecular weight is 637 g/mol. The van der Waals surface area contributed by atoms with Crippen molar-refractivity contribution in [1.29, 1.82) is 0 Å². The largest absolute Gasteiger partial charge is 0.497 e. The first-order valence-corrected chi connectivity index (χ1v) is 13.9. The minimum Gasteiger partial charge on any atom is -0.497 e. The number of hydrogen-bond donors (Lipinski definition) is 3. The SMILES string of the molecule is C=CC(=O)Nc1cc(N2CCN(CC(F)(F)C(F)(F)F)CC2)ccc1C(=O)Nc1cc(CCc2cc(OC)cc(OC)c2)n[nH]1. The van der Waals surface area contributed by atoms with Crippen LogP contribution in [0.2, 0.25) is 0 Å². The molecule has 3 aromatic rings. The van der Waals surface area contributed by atoms with Crippen molar-refractivity contribution in [1.82, 2.24) is 15.1 Å². The Morgan fingerprint density at radius 2 is 1.62 bits per heavy atom. The topological polar surface area (TPSA) is 112 Å². The Hall–Kier alpha value is -4.66. The van der Waals surface area contributed by atoms with Gasteiger partial charge in [0.2, 0.25) is 5.91 Å². The van der Waals surface area contributed by atoms with Gasteiger partial charge in [-0.3, -0.25) is 19.6 Å². The smallest absolute Gasteiger partial charge is 0.454 e. The Labute approximate surface area is 256 Å². The number of anilines is 3. The molecule has 10 nitrogen and oxygen atoms in total. The van der Waals surface area contributed by atoms with Crippen molar-refractivity contribution in [2.75, 3.05) is 62.5 Å². The van der Waals surface area contributed by atoms with Gasteiger partial charge in [-0.1, -0.05) is 6.58 Å². The summed E-state index contributed by atoms with van der Waals surface area (Å²) in [7, 11) is 3.14. The van der Waals surface area contributed by atoms with Crippen LogP contribution in [-0.2, 0) is 17.6 Å². The maximum absolute atomic E-state index is 13.5. The molecule has 2 aromatic carbocycles. The van der Waals surface area contributed by atoms with Crippen LogP contribution >= 0.6 is 0 Å². The number of piperazine rings is 1. The number of hydrogen-bond acceptors (Lipinski definition) is 7. The minimum absolute atomic E-state index is 0.0320. The number of methoxy groups -OCH3 is 2. The van der Waals surface area contributed by atoms with Crippen molar-refractivity contribution < 1.29 is 41.0 Å². The first-order valence-electron chi connectivity index (χ1n) is 13.9. The third-order valence-corrected chi connectivity index (χ3v) is 7.23. The number of carbonyl (C=O) groups is 2. The summed E-state index contributed by atoms with van der Waals surface area (Å²) in [6.45, 7) is 2.27. The molecule has 15 heteroatoms. The fourth-order valence-corrected chi connectivity index (χ4v) is 4.78. The number of aromatic nitrogens is 2. The van der Waals surface area contributed by atoms with Crippen molar-refractivity contribution in [3.63, 3.8) is 0 Å². The Morgan fingerprint density at radius 3 is 2.22 bits per heavy atom. The Morgan fingerprint density at radius 1 is 0.956 bits per heavy atom. The first kappa shape index (κ1) is 33.2. The van der Waals surface area contributed by atoms with Crippen molar-refractivity contribution in [3.05, 3.63) is 71.9 Å². The lowest BCUT2D eigenvalue weighted by atomic mass is 10.1. The highest BCUT2D eigenvalue weighted by atomic mass is 19.4. The quantitative estimate of drug-likeness (QED) is 0.192. The van der Waals surface area contributed by atoms with Gasteiger partial charge < -0.3 is 25.0 Å². The lowest BCUT2D eigenvalue weighted by Gasteiger charge is -2.37. The van der Waals surface area contributed by atoms with Gasteiger partial charge in [-0.25, -0.2) is 0 Å². The monoisotopic (exact) mass is 636 g/mol. The molecule has 2 amide bonds. The van der Waals surface area contributed by atoms with Crippen LogP contribution in [0.4, 0.5) is 39.1 Å². The number of aryl methyl sites for hydroxylation is 2. The molecule has 1 saturated heterocycles. The van der Waals surface area contributed by atoms with E-state index in [1.165, 1.54) is 12.1 Å². The number of nitrogens with zero attached hydrogens (tertiary/aromatic N) is 3. The summed E-state index contributed by atoms with van der Waals surface area (Å²) in [5.74, 6) is -4.28. The zero-order valence-corrected chi connectivity index (χ0v) is 24.6. The number of halogens is 5. The number of carbonyl (C=O) groups excluding carboxylic acids is 2. The zero-order valence-electron chi connectivity index (χ0n) is 24.6. The number of alkyl halides is 5. The summed E-state index contributed by atoms with van der Waals surface area (Å²) >= 11 is 0. The third kappa shape index (κ3) is 8.50. The second kappa shape index (κ2) is 14.0. The Balaban J connectivity index is 1.42. The van der Waals surface area contributed by atoms with Crippen LogP contribution in [-0.4, -0.2) is 86.0 Å². The van der Waals surface area contributed by atoms with E-state index in [-0.39, 0.29) is 37.4 Å². The molecule has 1 aromatic heterocycles. The molecule has 1 aliphatic heterocycles. The number of rotatable bonds is 12. The molecular weight excluding hydrogens is 603 g/mol. The average Bonchev–Trinajstić information content (AvgIpc) is 3.46. The van der Waals surface area contributed by atoms with Gasteiger partial charge in [0.15, 0.2) is 0 Å². The van der Waals surface area contributed by atoms with Crippen LogP contribution in [0.5, 0.6) is 11.5 Å². The van der Waals surface area contributed by atoms with E-state index < -0.39 is 30.5 Å². The minimum atomic E-state index is -5.62. The summed E-state index contributed by atoms with van der Waals surface area (Å²) < 4.78 is 75.5. The van der Waals surface area contributed by atoms with Crippen LogP contribution in [0.3, 0.4) is 0 Å². The van der Waals surface area contributed by atoms with Gasteiger partial charge in [0, 0.05) is 44.0 Å². The summed E-state index contributed by atoms with van der Waals surface area (Å²) in [5.41, 5.74) is 2.49. The number of ether oxygens (including phenoxy) is 2. The summed E-state index contributed by atoms with van der Waals surface area (Å²) in [6.07, 6.45) is -3.40. The van der Waals surface area contributed by atoms with E-state index in [4.69, 9.17) is 9.47 Å². The van der Waals surface area contributed by atoms with E-state index in [1.807, 2.05) is 12.1 Å². The maximum Gasteiger partial charge on any atom is 0.454 e. The number of amides is 2. The standard InChI is InChI=1S/C30H33F5N6O4/c1-4-27(42)36-25-16-21(41-11-9-40(10-12-41)18-29(31,32)30(33,34)35)7-8-24(25)28(43)37-26-15-20(38-39-26)6-5-19-13-22(44-2)17-23(14-19)45-3/h4,7-8,13-17H,1,5-6,9-12,18H2,2-3H3,(H,36,42)(H2,37,38,39,43). The van der Waals surface area contributed by atoms with Crippen molar-refractivity contribution >= 4 is 29.0 Å². The molecule has 0 radical (unpaired) electrons. The number of nitrogens with one attached hydrogen (secondary N) is 3. The zero-order chi connectivity index (χ0) is 32.8. The molecule has 242 valence electrons. The molecule has 2 heterocycles. The molecule has 0 unspecified atom stereocenters. The Kier molecular flexibility index (Phi) is 10.3. The van der Waals surface area contributed by atoms with Crippen LogP contribution in [0.1, 0.15) is 21.6 Å². The number of H-pyrrole nitrogens is 1. The molecule has 45 heavy (non-hydrogen) atoms. The third-order valence-electron chi connectivity index (χ3n) is 7.23. The van der Waals surface area contributed by atoms with Crippen molar-refractivity contribution in [3.8, 4) is 11.5 Å². The normalized spacial score (nSPS) is 14.2. The fraction of sp³-hybridized carbons (Fsp3) is 0.367. The molecular formula is C30H33F5N6O4. The van der Waals surface area contributed by atoms with E-state index in [1.54, 1.807) is 37.3 Å². The van der Waals surface area contributed by atoms with Gasteiger partial charge in [-0.2, -0.15) is 27.1 Å². The van der Waals surface area contributed by atoms with Gasteiger partial charge in [-0.05, 0) is 54.8 Å². The molecule has 0 aliphatic carbocycles. The second-order valence-corrected chi connectivity index (χ2v) is 10.3. The highest BCUT2D eigenvalue weighted by molar-refractivity contribution is 6.11. The van der Waals surface area contributed by atoms with Crippen molar-refractivity contribution in [2.45, 2.75) is 24.9 Å². The van der Waals surface area contributed by atoms with Crippen molar-refractivity contribution in [2.24, 2.45) is 0 Å². The Bertz CT molecular complexity index is 1500. The van der Waals surface area contributed by atoms with Crippen LogP contribution < -0.4 is 25.0 Å². The maximum atomic E-state index is 13.5. The van der Waals surface area contributed by atoms with Gasteiger partial charge in [0.25, 0.3) is 5.91 Å². The van der Waals surface area contributed by atoms with E-state index in [0.29, 0.717) is 41.5 Å². The lowest BCUT2D eigenvalue weighted by Crippen LogP contribution is -2.53. The predicted molar refractivity (Wildman–Crippen MR) is 158 cm³/mol. The summed E-state index contributed by atoms with van der Waals surface area (Å²) in [6, 6.07) is 11.9. The fourth-order valence-electron chi connectivity index (χ4n) is 4.78. The van der Waals surface area contributed by atoms with E-state index in [9.17, 15) is 31.5 Å². The van der Waals surface area contributed by atoms with E-state index in [2.05, 4.69) is 27.4 Å². The number of benzene rings is 2. The summed E-state index contributed by atoms with van der Waals surface area (Å²) in [4.78, 5) is 28.2. The van der Waals surface area contributed by atoms with Gasteiger partial charge in [0.05, 0.1) is 37.7 Å². The summed E-state index contributed by atoms with van der Waals surface area (Å²) in [5, 5.41) is 12.4. The molecule has 3 N–H and O–H groups in total. The lowest BCUT2D eigenvalue weighted by molar-refractivity contribution is -0.286. The van der Waals surface area contributed by atoms with Crippen LogP contribution in [0.25, 0.3) is 0 Å². The molecule has 0 bridgehead atoms. The second-order valence-electron chi connectivity index (χ2n) is 10.3. The van der Waals surface area contributed by atoms with E-state index >= 15 is 0 Å². The molecule has 1 fully saturated rings. The first-order chi connectivity index (χ1) is 21.3. The van der Waals surface area contributed by atoms with Gasteiger partial charge in [0.1, 0.15) is 17.3 Å². The van der Waals surface area contributed by atoms with Gasteiger partial charge >= 0.3 is 12.1 Å². The van der Waals surface area contributed by atoms with Crippen LogP contribution in [0, 0.1) is 0 Å². The molecule has 0 atom stereocenters. The van der Waals surface area contributed by atoms with E-state index in [0.717, 1.165) is 16.5 Å². The molecule has 4 rings (SSSR count).